The number of benzene rings is 2. The zero-order valence-corrected chi connectivity index (χ0v) is 17.5. The van der Waals surface area contributed by atoms with Crippen molar-refractivity contribution in [2.45, 2.75) is 23.9 Å². The second-order valence-electron chi connectivity index (χ2n) is 6.07. The average Bonchev–Trinajstić information content (AvgIpc) is 3.33. The Balaban J connectivity index is 1.38. The van der Waals surface area contributed by atoms with Crippen LogP contribution in [0, 0.1) is 13.8 Å². The fourth-order valence-electron chi connectivity index (χ4n) is 2.44. The number of nitrogens with zero attached hydrogens (tertiary/aromatic N) is 4. The molecule has 0 saturated heterocycles. The summed E-state index contributed by atoms with van der Waals surface area (Å²) in [5, 5.41) is 21.2. The molecule has 0 saturated carbocycles. The molecule has 0 amide bonds. The Morgan fingerprint density at radius 3 is 2.71 bits per heavy atom. The van der Waals surface area contributed by atoms with E-state index in [0.717, 1.165) is 20.7 Å². The number of nitrogens with one attached hydrogen (secondary N) is 1. The lowest BCUT2D eigenvalue weighted by molar-refractivity contribution is 0.528. The number of aromatic nitrogens is 4. The van der Waals surface area contributed by atoms with Crippen LogP contribution in [0.3, 0.4) is 0 Å². The monoisotopic (exact) mass is 429 g/mol. The van der Waals surface area contributed by atoms with Crippen LogP contribution in [0.15, 0.2) is 51.2 Å². The highest BCUT2D eigenvalue weighted by atomic mass is 35.5. The highest BCUT2D eigenvalue weighted by Gasteiger charge is 2.13. The Morgan fingerprint density at radius 1 is 1.04 bits per heavy atom. The first-order chi connectivity index (χ1) is 13.6. The summed E-state index contributed by atoms with van der Waals surface area (Å²) in [6.45, 7) is 4.18. The van der Waals surface area contributed by atoms with E-state index < -0.39 is 0 Å². The first-order valence-corrected chi connectivity index (χ1v) is 10.6. The Labute approximate surface area is 175 Å². The molecular weight excluding hydrogens is 414 g/mol. The number of rotatable bonds is 6. The maximum absolute atomic E-state index is 6.17. The maximum Gasteiger partial charge on any atom is 0.249 e. The molecule has 0 fully saturated rings. The van der Waals surface area contributed by atoms with E-state index in [-0.39, 0.29) is 0 Å². The fraction of sp³-hybridized carbons (Fsp3) is 0.158. The predicted molar refractivity (Wildman–Crippen MR) is 113 cm³/mol. The van der Waals surface area contributed by atoms with Crippen LogP contribution in [0.25, 0.3) is 11.5 Å². The van der Waals surface area contributed by atoms with Gasteiger partial charge < -0.3 is 9.73 Å². The van der Waals surface area contributed by atoms with Gasteiger partial charge in [0, 0.05) is 5.69 Å². The molecule has 2 aromatic heterocycles. The van der Waals surface area contributed by atoms with E-state index in [9.17, 15) is 0 Å². The molecule has 0 aliphatic carbocycles. The molecule has 28 heavy (non-hydrogen) atoms. The summed E-state index contributed by atoms with van der Waals surface area (Å²) in [7, 11) is 0. The van der Waals surface area contributed by atoms with Crippen molar-refractivity contribution in [3.05, 3.63) is 64.5 Å². The molecule has 1 N–H and O–H groups in total. The first-order valence-electron chi connectivity index (χ1n) is 8.46. The molecule has 0 aliphatic heterocycles. The number of thioether (sulfide) groups is 1. The van der Waals surface area contributed by atoms with Crippen molar-refractivity contribution < 1.29 is 4.42 Å². The largest absolute Gasteiger partial charge is 0.420 e. The second kappa shape index (κ2) is 8.30. The molecule has 0 bridgehead atoms. The fourth-order valence-corrected chi connectivity index (χ4v) is 4.27. The molecule has 0 unspecified atom stereocenters. The minimum absolute atomic E-state index is 0.413. The molecule has 0 aliphatic rings. The van der Waals surface area contributed by atoms with Gasteiger partial charge in [0.25, 0.3) is 0 Å². The maximum atomic E-state index is 6.17. The van der Waals surface area contributed by atoms with Crippen LogP contribution in [0.1, 0.15) is 17.0 Å². The second-order valence-corrected chi connectivity index (χ2v) is 8.67. The van der Waals surface area contributed by atoms with Gasteiger partial charge in [0.1, 0.15) is 0 Å². The highest BCUT2D eigenvalue weighted by Crippen LogP contribution is 2.31. The molecule has 4 aromatic rings. The Bertz CT molecular complexity index is 1110. The van der Waals surface area contributed by atoms with Gasteiger partial charge in [-0.15, -0.1) is 20.4 Å². The zero-order valence-electron chi connectivity index (χ0n) is 15.1. The van der Waals surface area contributed by atoms with Crippen molar-refractivity contribution in [1.29, 1.82) is 0 Å². The third-order valence-corrected chi connectivity index (χ3v) is 6.34. The van der Waals surface area contributed by atoms with Crippen molar-refractivity contribution in [2.24, 2.45) is 0 Å². The standard InChI is InChI=1S/C19H16ClN5OS2/c1-11-7-8-13(9-12(11)2)21-18-24-25-19(28-18)27-10-16-22-23-17(26-16)14-5-3-4-6-15(14)20/h3-9H,10H2,1-2H3,(H,21,24). The molecule has 2 aromatic carbocycles. The molecule has 4 rings (SSSR count). The van der Waals surface area contributed by atoms with Gasteiger partial charge in [-0.05, 0) is 49.2 Å². The number of aryl methyl sites for hydroxylation is 2. The molecular formula is C19H16ClN5OS2. The van der Waals surface area contributed by atoms with Crippen LogP contribution < -0.4 is 5.32 Å². The van der Waals surface area contributed by atoms with E-state index in [1.807, 2.05) is 24.3 Å². The lowest BCUT2D eigenvalue weighted by Gasteiger charge is -2.05. The topological polar surface area (TPSA) is 76.7 Å². The molecule has 2 heterocycles. The third kappa shape index (κ3) is 4.35. The minimum Gasteiger partial charge on any atom is -0.420 e. The zero-order chi connectivity index (χ0) is 19.5. The summed E-state index contributed by atoms with van der Waals surface area (Å²) in [6, 6.07) is 13.6. The smallest absolute Gasteiger partial charge is 0.249 e. The summed E-state index contributed by atoms with van der Waals surface area (Å²) in [5.74, 6) is 1.43. The van der Waals surface area contributed by atoms with Crippen LogP contribution >= 0.6 is 34.7 Å². The Kier molecular flexibility index (Phi) is 5.61. The summed E-state index contributed by atoms with van der Waals surface area (Å²) < 4.78 is 6.54. The summed E-state index contributed by atoms with van der Waals surface area (Å²) >= 11 is 9.15. The normalized spacial score (nSPS) is 11.0. The van der Waals surface area contributed by atoms with Gasteiger partial charge in [-0.3, -0.25) is 0 Å². The van der Waals surface area contributed by atoms with Gasteiger partial charge in [-0.1, -0.05) is 52.9 Å². The lowest BCUT2D eigenvalue weighted by Crippen LogP contribution is -1.91. The number of anilines is 2. The quantitative estimate of drug-likeness (QED) is 0.382. The van der Waals surface area contributed by atoms with Gasteiger partial charge in [0.05, 0.1) is 16.3 Å². The summed E-state index contributed by atoms with van der Waals surface area (Å²) in [6.07, 6.45) is 0. The Hall–Kier alpha value is -2.42. The van der Waals surface area contributed by atoms with E-state index in [0.29, 0.717) is 22.6 Å². The van der Waals surface area contributed by atoms with Crippen LogP contribution in [0.2, 0.25) is 5.02 Å². The van der Waals surface area contributed by atoms with Gasteiger partial charge in [0.2, 0.25) is 16.9 Å². The highest BCUT2D eigenvalue weighted by molar-refractivity contribution is 8.00. The molecule has 0 radical (unpaired) electrons. The first kappa shape index (κ1) is 18.9. The predicted octanol–water partition coefficient (Wildman–Crippen LogP) is 5.89. The van der Waals surface area contributed by atoms with Gasteiger partial charge >= 0.3 is 0 Å². The van der Waals surface area contributed by atoms with Crippen molar-refractivity contribution in [3.63, 3.8) is 0 Å². The van der Waals surface area contributed by atoms with Crippen LogP contribution in [-0.4, -0.2) is 20.4 Å². The summed E-state index contributed by atoms with van der Waals surface area (Å²) in [5.41, 5.74) is 4.21. The van der Waals surface area contributed by atoms with Crippen molar-refractivity contribution >= 4 is 45.5 Å². The number of halogens is 1. The van der Waals surface area contributed by atoms with E-state index in [4.69, 9.17) is 16.0 Å². The van der Waals surface area contributed by atoms with Gasteiger partial charge in [0.15, 0.2) is 4.34 Å². The lowest BCUT2D eigenvalue weighted by atomic mass is 10.1. The summed E-state index contributed by atoms with van der Waals surface area (Å²) in [4.78, 5) is 0. The van der Waals surface area contributed by atoms with E-state index in [2.05, 4.69) is 51.7 Å². The van der Waals surface area contributed by atoms with Crippen molar-refractivity contribution in [3.8, 4) is 11.5 Å². The van der Waals surface area contributed by atoms with E-state index in [1.165, 1.54) is 34.2 Å². The third-order valence-electron chi connectivity index (χ3n) is 4.05. The van der Waals surface area contributed by atoms with Gasteiger partial charge in [-0.25, -0.2) is 0 Å². The Morgan fingerprint density at radius 2 is 1.89 bits per heavy atom. The molecule has 142 valence electrons. The molecule has 0 atom stereocenters. The molecule has 6 nitrogen and oxygen atoms in total. The van der Waals surface area contributed by atoms with Crippen LogP contribution in [-0.2, 0) is 5.75 Å². The average molecular weight is 430 g/mol. The number of hydrogen-bond donors (Lipinski definition) is 1. The SMILES string of the molecule is Cc1ccc(Nc2nnc(SCc3nnc(-c4ccccc4Cl)o3)s2)cc1C. The molecule has 0 spiro atoms. The van der Waals surface area contributed by atoms with Crippen LogP contribution in [0.4, 0.5) is 10.8 Å². The van der Waals surface area contributed by atoms with E-state index >= 15 is 0 Å². The van der Waals surface area contributed by atoms with E-state index in [1.54, 1.807) is 6.07 Å². The van der Waals surface area contributed by atoms with Gasteiger partial charge in [-0.2, -0.15) is 0 Å². The number of hydrogen-bond acceptors (Lipinski definition) is 8. The van der Waals surface area contributed by atoms with Crippen molar-refractivity contribution in [1.82, 2.24) is 20.4 Å². The minimum atomic E-state index is 0.413. The molecule has 9 heteroatoms. The van der Waals surface area contributed by atoms with Crippen LogP contribution in [0.5, 0.6) is 0 Å². The van der Waals surface area contributed by atoms with Crippen molar-refractivity contribution in [2.75, 3.05) is 5.32 Å².